The Morgan fingerprint density at radius 2 is 1.85 bits per heavy atom. The van der Waals surface area contributed by atoms with Gasteiger partial charge in [0, 0.05) is 19.2 Å². The van der Waals surface area contributed by atoms with E-state index in [1.54, 1.807) is 0 Å². The summed E-state index contributed by atoms with van der Waals surface area (Å²) in [7, 11) is 2.12. The standard InChI is InChI=1S/C28H40N2O3/c1-5-9-21(2)19-33-26-14-12-24(13-15-26)27(18-30(4)25-16-17-32-20-25)29-28(31)22(3)23-10-7-6-8-11-23/h6-8,10-15,21-22,25,27H,5,9,16-20H2,1-4H3,(H,29,31)/t21?,22-,25?,27-/m0/s1. The Hall–Kier alpha value is -2.37. The van der Waals surface area contributed by atoms with Crippen LogP contribution in [-0.2, 0) is 9.53 Å². The minimum atomic E-state index is -0.212. The summed E-state index contributed by atoms with van der Waals surface area (Å²) in [5, 5.41) is 3.31. The number of likely N-dealkylation sites (N-methyl/N-ethyl adjacent to an activating group) is 1. The van der Waals surface area contributed by atoms with Gasteiger partial charge in [0.2, 0.25) is 5.91 Å². The van der Waals surface area contributed by atoms with Crippen LogP contribution in [0.1, 0.15) is 63.1 Å². The van der Waals surface area contributed by atoms with Crippen molar-refractivity contribution < 1.29 is 14.3 Å². The van der Waals surface area contributed by atoms with E-state index in [4.69, 9.17) is 9.47 Å². The first kappa shape index (κ1) is 25.3. The lowest BCUT2D eigenvalue weighted by Gasteiger charge is -2.30. The summed E-state index contributed by atoms with van der Waals surface area (Å²) in [5.74, 6) is 1.25. The van der Waals surface area contributed by atoms with Crippen molar-refractivity contribution in [3.8, 4) is 5.75 Å². The minimum absolute atomic E-state index is 0.0380. The van der Waals surface area contributed by atoms with Crippen molar-refractivity contribution in [2.24, 2.45) is 5.92 Å². The Balaban J connectivity index is 1.70. The van der Waals surface area contributed by atoms with Gasteiger partial charge in [-0.15, -0.1) is 0 Å². The van der Waals surface area contributed by atoms with Crippen molar-refractivity contribution in [1.29, 1.82) is 0 Å². The molecule has 1 aliphatic rings. The van der Waals surface area contributed by atoms with Gasteiger partial charge in [0.15, 0.2) is 0 Å². The van der Waals surface area contributed by atoms with Crippen LogP contribution >= 0.6 is 0 Å². The van der Waals surface area contributed by atoms with Crippen LogP contribution in [0.15, 0.2) is 54.6 Å². The molecule has 2 unspecified atom stereocenters. The number of amides is 1. The molecule has 5 heteroatoms. The van der Waals surface area contributed by atoms with E-state index in [1.807, 2.05) is 49.4 Å². The zero-order valence-electron chi connectivity index (χ0n) is 20.6. The molecule has 0 aromatic heterocycles. The first-order chi connectivity index (χ1) is 16.0. The number of carbonyl (C=O) groups is 1. The van der Waals surface area contributed by atoms with E-state index in [-0.39, 0.29) is 17.9 Å². The number of nitrogens with zero attached hydrogens (tertiary/aromatic N) is 1. The molecule has 3 rings (SSSR count). The van der Waals surface area contributed by atoms with Gasteiger partial charge in [-0.05, 0) is 56.0 Å². The molecule has 0 spiro atoms. The molecule has 1 amide bonds. The van der Waals surface area contributed by atoms with Crippen LogP contribution in [-0.4, -0.2) is 50.3 Å². The van der Waals surface area contributed by atoms with Crippen LogP contribution in [0.25, 0.3) is 0 Å². The van der Waals surface area contributed by atoms with Gasteiger partial charge in [0.1, 0.15) is 5.75 Å². The first-order valence-electron chi connectivity index (χ1n) is 12.3. The highest BCUT2D eigenvalue weighted by Gasteiger charge is 2.26. The summed E-state index contributed by atoms with van der Waals surface area (Å²) < 4.78 is 11.6. The Bertz CT molecular complexity index is 834. The maximum atomic E-state index is 13.2. The molecular weight excluding hydrogens is 412 g/mol. The fraction of sp³-hybridized carbons (Fsp3) is 0.536. The maximum Gasteiger partial charge on any atom is 0.227 e. The average molecular weight is 453 g/mol. The zero-order chi connectivity index (χ0) is 23.6. The van der Waals surface area contributed by atoms with Gasteiger partial charge in [-0.2, -0.15) is 0 Å². The Morgan fingerprint density at radius 3 is 2.48 bits per heavy atom. The molecular formula is C28H40N2O3. The van der Waals surface area contributed by atoms with E-state index >= 15 is 0 Å². The zero-order valence-corrected chi connectivity index (χ0v) is 20.6. The van der Waals surface area contributed by atoms with E-state index < -0.39 is 0 Å². The predicted molar refractivity (Wildman–Crippen MR) is 134 cm³/mol. The summed E-state index contributed by atoms with van der Waals surface area (Å²) >= 11 is 0. The van der Waals surface area contributed by atoms with Gasteiger partial charge in [-0.25, -0.2) is 0 Å². The van der Waals surface area contributed by atoms with E-state index in [1.165, 1.54) is 12.8 Å². The monoisotopic (exact) mass is 452 g/mol. The molecule has 1 N–H and O–H groups in total. The van der Waals surface area contributed by atoms with Crippen molar-refractivity contribution in [2.45, 2.75) is 58.0 Å². The normalized spacial score (nSPS) is 18.6. The average Bonchev–Trinajstić information content (AvgIpc) is 3.38. The van der Waals surface area contributed by atoms with Gasteiger partial charge < -0.3 is 14.8 Å². The molecule has 0 radical (unpaired) electrons. The molecule has 1 fully saturated rings. The number of hydrogen-bond acceptors (Lipinski definition) is 4. The number of benzene rings is 2. The highest BCUT2D eigenvalue weighted by molar-refractivity contribution is 5.83. The molecule has 0 bridgehead atoms. The molecule has 1 saturated heterocycles. The van der Waals surface area contributed by atoms with Crippen molar-refractivity contribution in [2.75, 3.05) is 33.4 Å². The van der Waals surface area contributed by atoms with Crippen LogP contribution in [0, 0.1) is 5.92 Å². The molecule has 1 heterocycles. The van der Waals surface area contributed by atoms with Gasteiger partial charge in [-0.3, -0.25) is 9.69 Å². The lowest BCUT2D eigenvalue weighted by molar-refractivity contribution is -0.123. The second-order valence-electron chi connectivity index (χ2n) is 9.42. The third-order valence-corrected chi connectivity index (χ3v) is 6.61. The molecule has 2 aromatic rings. The third-order valence-electron chi connectivity index (χ3n) is 6.61. The Kier molecular flexibility index (Phi) is 9.76. The topological polar surface area (TPSA) is 50.8 Å². The largest absolute Gasteiger partial charge is 0.493 e. The maximum absolute atomic E-state index is 13.2. The molecule has 180 valence electrons. The first-order valence-corrected chi connectivity index (χ1v) is 12.3. The fourth-order valence-electron chi connectivity index (χ4n) is 4.34. The number of nitrogens with one attached hydrogen (secondary N) is 1. The summed E-state index contributed by atoms with van der Waals surface area (Å²) in [4.78, 5) is 15.5. The van der Waals surface area contributed by atoms with E-state index in [9.17, 15) is 4.79 Å². The lowest BCUT2D eigenvalue weighted by Crippen LogP contribution is -2.42. The van der Waals surface area contributed by atoms with Crippen LogP contribution < -0.4 is 10.1 Å². The quantitative estimate of drug-likeness (QED) is 0.482. The summed E-state index contributed by atoms with van der Waals surface area (Å²) in [6.45, 7) is 9.40. The van der Waals surface area contributed by atoms with E-state index in [0.29, 0.717) is 12.0 Å². The summed E-state index contributed by atoms with van der Waals surface area (Å²) in [5.41, 5.74) is 2.11. The van der Waals surface area contributed by atoms with Crippen molar-refractivity contribution in [1.82, 2.24) is 10.2 Å². The lowest BCUT2D eigenvalue weighted by atomic mass is 9.98. The summed E-state index contributed by atoms with van der Waals surface area (Å²) in [6.07, 6.45) is 3.37. The van der Waals surface area contributed by atoms with E-state index in [0.717, 1.165) is 49.7 Å². The smallest absolute Gasteiger partial charge is 0.227 e. The molecule has 0 aliphatic carbocycles. The van der Waals surface area contributed by atoms with Gasteiger partial charge in [0.25, 0.3) is 0 Å². The van der Waals surface area contributed by atoms with Gasteiger partial charge in [0.05, 0.1) is 25.2 Å². The third kappa shape index (κ3) is 7.58. The number of ether oxygens (including phenoxy) is 2. The number of rotatable bonds is 12. The number of carbonyl (C=O) groups excluding carboxylic acids is 1. The van der Waals surface area contributed by atoms with E-state index in [2.05, 4.69) is 43.2 Å². The van der Waals surface area contributed by atoms with Crippen LogP contribution in [0.2, 0.25) is 0 Å². The highest BCUT2D eigenvalue weighted by Crippen LogP contribution is 2.23. The second kappa shape index (κ2) is 12.8. The minimum Gasteiger partial charge on any atom is -0.493 e. The van der Waals surface area contributed by atoms with Crippen LogP contribution in [0.4, 0.5) is 0 Å². The van der Waals surface area contributed by atoms with Crippen molar-refractivity contribution in [3.63, 3.8) is 0 Å². The van der Waals surface area contributed by atoms with Crippen LogP contribution in [0.3, 0.4) is 0 Å². The molecule has 0 saturated carbocycles. The molecule has 4 atom stereocenters. The Labute approximate surface area is 199 Å². The second-order valence-corrected chi connectivity index (χ2v) is 9.42. The SMILES string of the molecule is CCCC(C)COc1ccc([C@H](CN(C)C2CCOC2)NC(=O)[C@@H](C)c2ccccc2)cc1. The molecule has 33 heavy (non-hydrogen) atoms. The highest BCUT2D eigenvalue weighted by atomic mass is 16.5. The molecule has 2 aromatic carbocycles. The molecule has 5 nitrogen and oxygen atoms in total. The Morgan fingerprint density at radius 1 is 1.12 bits per heavy atom. The van der Waals surface area contributed by atoms with Crippen LogP contribution in [0.5, 0.6) is 5.75 Å². The predicted octanol–water partition coefficient (Wildman–Crippen LogP) is 5.18. The summed E-state index contributed by atoms with van der Waals surface area (Å²) in [6, 6.07) is 18.4. The number of hydrogen-bond donors (Lipinski definition) is 1. The van der Waals surface area contributed by atoms with Gasteiger partial charge >= 0.3 is 0 Å². The van der Waals surface area contributed by atoms with Crippen molar-refractivity contribution >= 4 is 5.91 Å². The fourth-order valence-corrected chi connectivity index (χ4v) is 4.34. The van der Waals surface area contributed by atoms with Crippen molar-refractivity contribution in [3.05, 3.63) is 65.7 Å². The van der Waals surface area contributed by atoms with Gasteiger partial charge in [-0.1, -0.05) is 62.7 Å². The molecule has 1 aliphatic heterocycles.